The number of ether oxygens (including phenoxy) is 1. The maximum Gasteiger partial charge on any atom is 0.223 e. The smallest absolute Gasteiger partial charge is 0.223 e. The summed E-state index contributed by atoms with van der Waals surface area (Å²) in [6.07, 6.45) is 1.05. The van der Waals surface area contributed by atoms with Gasteiger partial charge in [-0.1, -0.05) is 23.2 Å². The Morgan fingerprint density at radius 3 is 2.72 bits per heavy atom. The number of hydrogen-bond acceptors (Lipinski definition) is 2. The van der Waals surface area contributed by atoms with Gasteiger partial charge < -0.3 is 4.74 Å². The van der Waals surface area contributed by atoms with Crippen molar-refractivity contribution in [2.45, 2.75) is 5.88 Å². The molecule has 18 heavy (non-hydrogen) atoms. The molecule has 1 heterocycles. The predicted octanol–water partition coefficient (Wildman–Crippen LogP) is 5.06. The van der Waals surface area contributed by atoms with E-state index in [9.17, 15) is 4.39 Å². The molecule has 1 aromatic carbocycles. The summed E-state index contributed by atoms with van der Waals surface area (Å²) in [5.41, 5.74) is 0.438. The van der Waals surface area contributed by atoms with Gasteiger partial charge in [-0.25, -0.2) is 9.37 Å². The van der Waals surface area contributed by atoms with Crippen LogP contribution < -0.4 is 4.74 Å². The SMILES string of the molecule is Fc1cnc(Oc2cc(Cl)ccc2Cl)c(CCl)c1. The zero-order valence-corrected chi connectivity index (χ0v) is 11.2. The number of nitrogens with zero attached hydrogens (tertiary/aromatic N) is 1. The first-order chi connectivity index (χ1) is 8.60. The number of halogens is 4. The molecule has 2 nitrogen and oxygen atoms in total. The number of benzene rings is 1. The number of hydrogen-bond donors (Lipinski definition) is 0. The van der Waals surface area contributed by atoms with Crippen molar-refractivity contribution in [1.29, 1.82) is 0 Å². The van der Waals surface area contributed by atoms with Crippen molar-refractivity contribution >= 4 is 34.8 Å². The van der Waals surface area contributed by atoms with Crippen LogP contribution in [0.15, 0.2) is 30.5 Å². The van der Waals surface area contributed by atoms with Crippen molar-refractivity contribution in [3.8, 4) is 11.6 Å². The maximum atomic E-state index is 13.0. The summed E-state index contributed by atoms with van der Waals surface area (Å²) in [4.78, 5) is 3.83. The van der Waals surface area contributed by atoms with Crippen LogP contribution in [0, 0.1) is 5.82 Å². The molecule has 0 atom stereocenters. The van der Waals surface area contributed by atoms with Crippen molar-refractivity contribution in [3.63, 3.8) is 0 Å². The third-order valence-electron chi connectivity index (χ3n) is 2.14. The summed E-state index contributed by atoms with van der Waals surface area (Å²) in [5.74, 6) is 0.151. The maximum absolute atomic E-state index is 13.0. The van der Waals surface area contributed by atoms with E-state index in [-0.39, 0.29) is 11.8 Å². The fourth-order valence-corrected chi connectivity index (χ4v) is 1.83. The van der Waals surface area contributed by atoms with Gasteiger partial charge in [-0.15, -0.1) is 11.6 Å². The molecule has 2 aromatic rings. The molecule has 6 heteroatoms. The van der Waals surface area contributed by atoms with E-state index in [1.807, 2.05) is 0 Å². The van der Waals surface area contributed by atoms with Gasteiger partial charge in [-0.2, -0.15) is 0 Å². The third-order valence-corrected chi connectivity index (χ3v) is 2.97. The van der Waals surface area contributed by atoms with Gasteiger partial charge in [0.25, 0.3) is 0 Å². The molecule has 0 aliphatic rings. The van der Waals surface area contributed by atoms with Gasteiger partial charge in [0.1, 0.15) is 11.6 Å². The molecule has 0 fully saturated rings. The van der Waals surface area contributed by atoms with Gasteiger partial charge in [-0.3, -0.25) is 0 Å². The molecule has 0 amide bonds. The van der Waals surface area contributed by atoms with Crippen molar-refractivity contribution in [1.82, 2.24) is 4.98 Å². The Morgan fingerprint density at radius 2 is 2.00 bits per heavy atom. The molecule has 0 unspecified atom stereocenters. The van der Waals surface area contributed by atoms with Crippen LogP contribution in [0.25, 0.3) is 0 Å². The summed E-state index contributed by atoms with van der Waals surface area (Å²) < 4.78 is 18.5. The van der Waals surface area contributed by atoms with Crippen LogP contribution in [0.5, 0.6) is 11.6 Å². The summed E-state index contributed by atoms with van der Waals surface area (Å²) >= 11 is 17.5. The van der Waals surface area contributed by atoms with E-state index in [1.54, 1.807) is 18.2 Å². The molecule has 0 saturated carbocycles. The number of aromatic nitrogens is 1. The molecule has 0 spiro atoms. The van der Waals surface area contributed by atoms with Crippen LogP contribution in [0.2, 0.25) is 10.0 Å². The van der Waals surface area contributed by atoms with Crippen LogP contribution in [0.4, 0.5) is 4.39 Å². The van der Waals surface area contributed by atoms with E-state index >= 15 is 0 Å². The third kappa shape index (κ3) is 3.05. The van der Waals surface area contributed by atoms with Crippen molar-refractivity contribution in [3.05, 3.63) is 51.9 Å². The molecular formula is C12H7Cl3FNO. The van der Waals surface area contributed by atoms with E-state index in [4.69, 9.17) is 39.5 Å². The second-order valence-electron chi connectivity index (χ2n) is 3.43. The van der Waals surface area contributed by atoms with Gasteiger partial charge in [0.05, 0.1) is 17.1 Å². The largest absolute Gasteiger partial charge is 0.437 e. The highest BCUT2D eigenvalue weighted by Crippen LogP contribution is 2.32. The number of pyridine rings is 1. The van der Waals surface area contributed by atoms with Crippen LogP contribution in [0.1, 0.15) is 5.56 Å². The minimum Gasteiger partial charge on any atom is -0.437 e. The van der Waals surface area contributed by atoms with Crippen LogP contribution in [0.3, 0.4) is 0 Å². The Bertz CT molecular complexity index is 577. The van der Waals surface area contributed by atoms with Gasteiger partial charge in [0.15, 0.2) is 0 Å². The van der Waals surface area contributed by atoms with Gasteiger partial charge in [0, 0.05) is 16.7 Å². The van der Waals surface area contributed by atoms with Gasteiger partial charge in [-0.05, 0) is 18.2 Å². The van der Waals surface area contributed by atoms with Gasteiger partial charge in [0.2, 0.25) is 5.88 Å². The van der Waals surface area contributed by atoms with Gasteiger partial charge >= 0.3 is 0 Å². The standard InChI is InChI=1S/C12H7Cl3FNO/c13-5-7-3-9(16)6-17-12(7)18-11-4-8(14)1-2-10(11)15/h1-4,6H,5H2. The summed E-state index contributed by atoms with van der Waals surface area (Å²) in [5, 5.41) is 0.856. The quantitative estimate of drug-likeness (QED) is 0.740. The molecule has 0 saturated heterocycles. The molecule has 0 bridgehead atoms. The highest BCUT2D eigenvalue weighted by Gasteiger charge is 2.10. The van der Waals surface area contributed by atoms with Crippen LogP contribution in [-0.4, -0.2) is 4.98 Å². The average molecular weight is 307 g/mol. The van der Waals surface area contributed by atoms with E-state index in [1.165, 1.54) is 6.07 Å². The number of rotatable bonds is 3. The van der Waals surface area contributed by atoms with Crippen molar-refractivity contribution in [2.75, 3.05) is 0 Å². The first-order valence-corrected chi connectivity index (χ1v) is 6.22. The van der Waals surface area contributed by atoms with E-state index in [0.29, 0.717) is 21.4 Å². The van der Waals surface area contributed by atoms with Crippen LogP contribution in [-0.2, 0) is 5.88 Å². The molecule has 2 rings (SSSR count). The van der Waals surface area contributed by atoms with Crippen LogP contribution >= 0.6 is 34.8 Å². The lowest BCUT2D eigenvalue weighted by Gasteiger charge is -2.09. The Morgan fingerprint density at radius 1 is 1.22 bits per heavy atom. The van der Waals surface area contributed by atoms with Crippen molar-refractivity contribution < 1.29 is 9.13 Å². The predicted molar refractivity (Wildman–Crippen MR) is 70.3 cm³/mol. The normalized spacial score (nSPS) is 10.4. The Hall–Kier alpha value is -1.03. The Balaban J connectivity index is 2.36. The lowest BCUT2D eigenvalue weighted by atomic mass is 10.3. The van der Waals surface area contributed by atoms with E-state index in [2.05, 4.69) is 4.98 Å². The fraction of sp³-hybridized carbons (Fsp3) is 0.0833. The lowest BCUT2D eigenvalue weighted by molar-refractivity contribution is 0.454. The minimum absolute atomic E-state index is 0.0816. The fourth-order valence-electron chi connectivity index (χ4n) is 1.32. The summed E-state index contributed by atoms with van der Waals surface area (Å²) in [7, 11) is 0. The average Bonchev–Trinajstić information content (AvgIpc) is 2.36. The minimum atomic E-state index is -0.477. The highest BCUT2D eigenvalue weighted by molar-refractivity contribution is 6.34. The zero-order valence-electron chi connectivity index (χ0n) is 8.96. The lowest BCUT2D eigenvalue weighted by Crippen LogP contribution is -1.95. The summed E-state index contributed by atoms with van der Waals surface area (Å²) in [6, 6.07) is 6.04. The molecule has 1 aromatic heterocycles. The second-order valence-corrected chi connectivity index (χ2v) is 4.54. The van der Waals surface area contributed by atoms with Crippen molar-refractivity contribution in [2.24, 2.45) is 0 Å². The molecule has 0 aliphatic heterocycles. The van der Waals surface area contributed by atoms with E-state index < -0.39 is 5.82 Å². The Kier molecular flexibility index (Phi) is 4.27. The topological polar surface area (TPSA) is 22.1 Å². The van der Waals surface area contributed by atoms with E-state index in [0.717, 1.165) is 6.20 Å². The zero-order chi connectivity index (χ0) is 13.1. The summed E-state index contributed by atoms with van der Waals surface area (Å²) in [6.45, 7) is 0. The molecule has 0 aliphatic carbocycles. The number of alkyl halides is 1. The molecular weight excluding hydrogens is 299 g/mol. The molecule has 94 valence electrons. The highest BCUT2D eigenvalue weighted by atomic mass is 35.5. The first-order valence-electron chi connectivity index (χ1n) is 4.93. The first kappa shape index (κ1) is 13.4. The second kappa shape index (κ2) is 5.74. The monoisotopic (exact) mass is 305 g/mol. The molecule has 0 radical (unpaired) electrons. The molecule has 0 N–H and O–H groups in total. The Labute approximate surface area is 118 Å².